The van der Waals surface area contributed by atoms with Crippen LogP contribution in [0, 0.1) is 11.8 Å². The van der Waals surface area contributed by atoms with Crippen LogP contribution in [0.1, 0.15) is 68.9 Å². The van der Waals surface area contributed by atoms with E-state index in [1.807, 2.05) is 18.2 Å². The van der Waals surface area contributed by atoms with Gasteiger partial charge in [0.2, 0.25) is 11.8 Å². The number of benzene rings is 2. The molecule has 2 fully saturated rings. The maximum absolute atomic E-state index is 13.2. The van der Waals surface area contributed by atoms with Crippen molar-refractivity contribution in [3.63, 3.8) is 0 Å². The van der Waals surface area contributed by atoms with E-state index in [0.717, 1.165) is 86.8 Å². The molecule has 0 radical (unpaired) electrons. The number of nitrogens with zero attached hydrogens (tertiary/aromatic N) is 1. The highest BCUT2D eigenvalue weighted by Crippen LogP contribution is 2.32. The molecule has 8 heteroatoms. The first kappa shape index (κ1) is 25.3. The van der Waals surface area contributed by atoms with Crippen LogP contribution >= 0.6 is 11.3 Å². The lowest BCUT2D eigenvalue weighted by Crippen LogP contribution is -2.37. The lowest BCUT2D eigenvalue weighted by molar-refractivity contribution is -0.121. The van der Waals surface area contributed by atoms with E-state index < -0.39 is 0 Å². The van der Waals surface area contributed by atoms with Gasteiger partial charge in [-0.3, -0.25) is 9.59 Å². The first-order valence-electron chi connectivity index (χ1n) is 14.2. The summed E-state index contributed by atoms with van der Waals surface area (Å²) in [5, 5.41) is 14.0. The van der Waals surface area contributed by atoms with E-state index in [9.17, 15) is 9.59 Å². The van der Waals surface area contributed by atoms with E-state index in [1.54, 1.807) is 0 Å². The van der Waals surface area contributed by atoms with E-state index in [0.29, 0.717) is 11.2 Å². The molecule has 38 heavy (non-hydrogen) atoms. The van der Waals surface area contributed by atoms with Crippen molar-refractivity contribution in [1.29, 1.82) is 0 Å². The number of nitrogens with one attached hydrogen (secondary N) is 4. The topological polar surface area (TPSA) is 95.2 Å². The minimum absolute atomic E-state index is 0.00685. The van der Waals surface area contributed by atoms with Crippen molar-refractivity contribution in [2.24, 2.45) is 11.8 Å². The summed E-state index contributed by atoms with van der Waals surface area (Å²) in [5.74, 6) is 0.294. The van der Waals surface area contributed by atoms with Crippen LogP contribution in [-0.4, -0.2) is 29.4 Å². The second kappa shape index (κ2) is 11.4. The molecule has 7 nitrogen and oxygen atoms in total. The molecule has 0 bridgehead atoms. The molecule has 0 unspecified atom stereocenters. The van der Waals surface area contributed by atoms with Gasteiger partial charge < -0.3 is 21.3 Å². The van der Waals surface area contributed by atoms with E-state index >= 15 is 0 Å². The Hall–Kier alpha value is -2.97. The largest absolute Gasteiger partial charge is 0.385 e. The van der Waals surface area contributed by atoms with Crippen LogP contribution in [0.3, 0.4) is 0 Å². The lowest BCUT2D eigenvalue weighted by Gasteiger charge is -2.29. The molecule has 0 spiro atoms. The highest BCUT2D eigenvalue weighted by atomic mass is 32.1. The number of carbonyl (C=O) groups excluding carboxylic acids is 2. The average molecular weight is 532 g/mol. The number of thiazole rings is 1. The van der Waals surface area contributed by atoms with Crippen LogP contribution in [0.5, 0.6) is 0 Å². The van der Waals surface area contributed by atoms with E-state index in [1.165, 1.54) is 34.6 Å². The molecule has 2 aliphatic carbocycles. The molecule has 2 amide bonds. The van der Waals surface area contributed by atoms with Crippen LogP contribution in [0.2, 0.25) is 0 Å². The molecule has 0 saturated heterocycles. The molecule has 200 valence electrons. The quantitative estimate of drug-likeness (QED) is 0.297. The number of carbonyl (C=O) groups is 2. The third-order valence-electron chi connectivity index (χ3n) is 8.36. The molecule has 4 N–H and O–H groups in total. The second-order valence-electron chi connectivity index (χ2n) is 11.1. The summed E-state index contributed by atoms with van der Waals surface area (Å²) in [6.07, 6.45) is 10.5. The molecule has 3 aromatic rings. The molecular formula is C30H37N5O2S. The summed E-state index contributed by atoms with van der Waals surface area (Å²) in [7, 11) is 0. The van der Waals surface area contributed by atoms with Gasteiger partial charge in [0.1, 0.15) is 0 Å². The van der Waals surface area contributed by atoms with Crippen LogP contribution in [0.4, 0.5) is 16.5 Å². The summed E-state index contributed by atoms with van der Waals surface area (Å²) in [4.78, 5) is 30.2. The predicted octanol–water partition coefficient (Wildman–Crippen LogP) is 6.07. The highest BCUT2D eigenvalue weighted by molar-refractivity contribution is 7.22. The van der Waals surface area contributed by atoms with Crippen molar-refractivity contribution in [1.82, 2.24) is 10.3 Å². The fourth-order valence-electron chi connectivity index (χ4n) is 6.21. The number of anilines is 3. The highest BCUT2D eigenvalue weighted by Gasteiger charge is 2.27. The lowest BCUT2D eigenvalue weighted by atomic mass is 9.85. The summed E-state index contributed by atoms with van der Waals surface area (Å²) < 4.78 is 0.966. The Morgan fingerprint density at radius 3 is 2.66 bits per heavy atom. The number of fused-ring (bicyclic) bond motifs is 2. The summed E-state index contributed by atoms with van der Waals surface area (Å²) >= 11 is 1.47. The first-order chi connectivity index (χ1) is 18.6. The van der Waals surface area contributed by atoms with E-state index in [-0.39, 0.29) is 23.7 Å². The smallest absolute Gasteiger partial charge is 0.229 e. The molecule has 2 aromatic carbocycles. The van der Waals surface area contributed by atoms with Gasteiger partial charge in [-0.05, 0) is 80.3 Å². The molecule has 2 atom stereocenters. The first-order valence-corrected chi connectivity index (χ1v) is 15.0. The fourth-order valence-corrected chi connectivity index (χ4v) is 7.12. The minimum atomic E-state index is 0.00685. The predicted molar refractivity (Wildman–Crippen MR) is 155 cm³/mol. The van der Waals surface area contributed by atoms with Crippen LogP contribution in [0.25, 0.3) is 10.2 Å². The Labute approximate surface area is 228 Å². The van der Waals surface area contributed by atoms with Gasteiger partial charge in [-0.2, -0.15) is 0 Å². The standard InChI is InChI=1S/C30H37N5O2S/c36-28(20-5-1-2-6-20)35-30-34-26-13-11-24(17-27(26)38-30)33-29(37)22-7-3-9-23(16-22)32-18-19-10-12-25-21(15-19)8-4-14-31-25/h10-13,15,17,20,22-23,31-32H,1-9,14,16,18H2,(H,33,37)(H,34,35,36)/t22-,23+/m1/s1. The number of hydrogen-bond donors (Lipinski definition) is 4. The van der Waals surface area contributed by atoms with Crippen molar-refractivity contribution in [2.45, 2.75) is 76.8 Å². The number of amides is 2. The van der Waals surface area contributed by atoms with Crippen LogP contribution in [0.15, 0.2) is 36.4 Å². The molecule has 1 aromatic heterocycles. The van der Waals surface area contributed by atoms with Gasteiger partial charge in [0, 0.05) is 42.3 Å². The summed E-state index contributed by atoms with van der Waals surface area (Å²) in [6, 6.07) is 12.9. The number of aryl methyl sites for hydroxylation is 1. The van der Waals surface area contributed by atoms with Gasteiger partial charge in [0.25, 0.3) is 0 Å². The van der Waals surface area contributed by atoms with E-state index in [2.05, 4.69) is 44.5 Å². The SMILES string of the molecule is O=C(Nc1nc2ccc(NC(=O)[C@@H]3CCC[C@H](NCc4ccc5c(c4)CCCN5)C3)cc2s1)C1CCCC1. The molecular weight excluding hydrogens is 494 g/mol. The number of rotatable bonds is 7. The third kappa shape index (κ3) is 5.86. The Kier molecular flexibility index (Phi) is 7.60. The number of aromatic nitrogens is 1. The zero-order valence-corrected chi connectivity index (χ0v) is 22.7. The van der Waals surface area contributed by atoms with Crippen LogP contribution < -0.4 is 21.3 Å². The zero-order chi connectivity index (χ0) is 25.9. The normalized spacial score (nSPS) is 21.6. The average Bonchev–Trinajstić information content (AvgIpc) is 3.62. The Morgan fingerprint density at radius 1 is 0.921 bits per heavy atom. The molecule has 2 saturated carbocycles. The minimum Gasteiger partial charge on any atom is -0.385 e. The zero-order valence-electron chi connectivity index (χ0n) is 21.9. The van der Waals surface area contributed by atoms with Gasteiger partial charge in [-0.25, -0.2) is 4.98 Å². The van der Waals surface area contributed by atoms with Crippen molar-refractivity contribution in [3.8, 4) is 0 Å². The molecule has 1 aliphatic heterocycles. The Morgan fingerprint density at radius 2 is 1.76 bits per heavy atom. The van der Waals surface area contributed by atoms with Gasteiger partial charge in [0.05, 0.1) is 10.2 Å². The maximum Gasteiger partial charge on any atom is 0.229 e. The molecule has 2 heterocycles. The Balaban J connectivity index is 1.03. The summed E-state index contributed by atoms with van der Waals surface area (Å²) in [6.45, 7) is 1.90. The summed E-state index contributed by atoms with van der Waals surface area (Å²) in [5.41, 5.74) is 5.64. The van der Waals surface area contributed by atoms with Crippen LogP contribution in [-0.2, 0) is 22.6 Å². The fraction of sp³-hybridized carbons (Fsp3) is 0.500. The number of hydrogen-bond acceptors (Lipinski definition) is 6. The van der Waals surface area contributed by atoms with Crippen molar-refractivity contribution >= 4 is 49.9 Å². The van der Waals surface area contributed by atoms with Crippen molar-refractivity contribution < 1.29 is 9.59 Å². The molecule has 3 aliphatic rings. The van der Waals surface area contributed by atoms with Gasteiger partial charge in [-0.1, -0.05) is 42.7 Å². The van der Waals surface area contributed by atoms with Crippen molar-refractivity contribution in [2.75, 3.05) is 22.5 Å². The Bertz CT molecular complexity index is 1320. The monoisotopic (exact) mass is 531 g/mol. The van der Waals surface area contributed by atoms with Crippen molar-refractivity contribution in [3.05, 3.63) is 47.5 Å². The van der Waals surface area contributed by atoms with Gasteiger partial charge in [0.15, 0.2) is 5.13 Å². The third-order valence-corrected chi connectivity index (χ3v) is 9.29. The van der Waals surface area contributed by atoms with Gasteiger partial charge >= 0.3 is 0 Å². The molecule has 6 rings (SSSR count). The maximum atomic E-state index is 13.2. The van der Waals surface area contributed by atoms with Gasteiger partial charge in [-0.15, -0.1) is 0 Å². The second-order valence-corrected chi connectivity index (χ2v) is 12.2. The van der Waals surface area contributed by atoms with E-state index in [4.69, 9.17) is 0 Å².